The normalized spacial score (nSPS) is 10.0. The van der Waals surface area contributed by atoms with Gasteiger partial charge in [0.05, 0.1) is 11.7 Å². The van der Waals surface area contributed by atoms with Gasteiger partial charge in [-0.25, -0.2) is 0 Å². The summed E-state index contributed by atoms with van der Waals surface area (Å²) in [5.74, 6) is -0.968. The molecule has 0 fully saturated rings. The summed E-state index contributed by atoms with van der Waals surface area (Å²) < 4.78 is 0. The van der Waals surface area contributed by atoms with Crippen LogP contribution >= 0.6 is 11.3 Å². The molecule has 2 rings (SSSR count). The van der Waals surface area contributed by atoms with E-state index in [9.17, 15) is 9.59 Å². The lowest BCUT2D eigenvalue weighted by atomic mass is 10.1. The first kappa shape index (κ1) is 20.7. The molecule has 136 valence electrons. The molecule has 1 aromatic heterocycles. The summed E-state index contributed by atoms with van der Waals surface area (Å²) in [7, 11) is 0. The van der Waals surface area contributed by atoms with Crippen molar-refractivity contribution in [1.29, 1.82) is 0 Å². The topological polar surface area (TPSA) is 90.7 Å². The van der Waals surface area contributed by atoms with Crippen molar-refractivity contribution < 1.29 is 19.4 Å². The minimum absolute atomic E-state index is 0.140. The molecule has 3 N–H and O–H groups in total. The number of nitrogens with one attached hydrogen (secondary N) is 1. The van der Waals surface area contributed by atoms with E-state index in [1.807, 2.05) is 46.8 Å². The lowest BCUT2D eigenvalue weighted by Gasteiger charge is -2.07. The van der Waals surface area contributed by atoms with Crippen molar-refractivity contribution in [3.05, 3.63) is 47.0 Å². The van der Waals surface area contributed by atoms with Crippen LogP contribution in [0.15, 0.2) is 30.3 Å². The van der Waals surface area contributed by atoms with Crippen LogP contribution in [0.5, 0.6) is 5.06 Å². The van der Waals surface area contributed by atoms with E-state index in [1.54, 1.807) is 12.1 Å². The predicted octanol–water partition coefficient (Wildman–Crippen LogP) is 4.15. The highest BCUT2D eigenvalue weighted by Crippen LogP contribution is 2.34. The van der Waals surface area contributed by atoms with E-state index in [0.29, 0.717) is 15.6 Å². The summed E-state index contributed by atoms with van der Waals surface area (Å²) in [5.41, 5.74) is 6.89. The number of primary amides is 1. The molecule has 0 unspecified atom stereocenters. The summed E-state index contributed by atoms with van der Waals surface area (Å²) >= 11 is 1.08. The number of anilines is 1. The molecule has 0 aliphatic heterocycles. The van der Waals surface area contributed by atoms with Crippen LogP contribution in [0.3, 0.4) is 0 Å². The lowest BCUT2D eigenvalue weighted by molar-refractivity contribution is -0.232. The van der Waals surface area contributed by atoms with Crippen molar-refractivity contribution in [2.24, 2.45) is 5.73 Å². The number of hydrogen-bond donors (Lipinski definition) is 2. The van der Waals surface area contributed by atoms with Gasteiger partial charge >= 0.3 is 0 Å². The Labute approximate surface area is 151 Å². The van der Waals surface area contributed by atoms with E-state index in [0.717, 1.165) is 16.9 Å². The molecule has 0 aliphatic carbocycles. The number of rotatable bonds is 6. The Bertz CT molecular complexity index is 726. The van der Waals surface area contributed by atoms with E-state index in [2.05, 4.69) is 5.32 Å². The Balaban J connectivity index is 0.00000151. The van der Waals surface area contributed by atoms with Gasteiger partial charge in [0.1, 0.15) is 5.00 Å². The maximum Gasteiger partial charge on any atom is 0.256 e. The number of aryl methyl sites for hydroxylation is 1. The van der Waals surface area contributed by atoms with E-state index >= 15 is 0 Å². The number of benzene rings is 1. The molecule has 0 aliphatic rings. The van der Waals surface area contributed by atoms with Crippen LogP contribution in [0.4, 0.5) is 5.00 Å². The molecule has 0 saturated heterocycles. The van der Waals surface area contributed by atoms with E-state index < -0.39 is 5.91 Å². The second kappa shape index (κ2) is 9.80. The van der Waals surface area contributed by atoms with Gasteiger partial charge in [-0.15, -0.1) is 0 Å². The van der Waals surface area contributed by atoms with Gasteiger partial charge in [-0.2, -0.15) is 4.89 Å². The van der Waals surface area contributed by atoms with Crippen LogP contribution in [0.25, 0.3) is 0 Å². The maximum absolute atomic E-state index is 12.4. The van der Waals surface area contributed by atoms with Crippen molar-refractivity contribution in [2.75, 3.05) is 5.32 Å². The second-order valence-corrected chi connectivity index (χ2v) is 6.18. The van der Waals surface area contributed by atoms with Crippen LogP contribution in [0.1, 0.15) is 54.0 Å². The summed E-state index contributed by atoms with van der Waals surface area (Å²) in [4.78, 5) is 34.0. The first-order valence-electron chi connectivity index (χ1n) is 8.02. The number of thiophene rings is 1. The van der Waals surface area contributed by atoms with E-state index in [4.69, 9.17) is 15.5 Å². The van der Waals surface area contributed by atoms with Crippen molar-refractivity contribution in [3.63, 3.8) is 0 Å². The minimum Gasteiger partial charge on any atom is -0.366 e. The molecule has 2 aromatic rings. The Kier molecular flexibility index (Phi) is 8.10. The molecule has 1 heterocycles. The SMILES string of the molecule is CC.Cc1ccccc1C(=O)Nc1sc(OOC(C)C)cc1C(N)=O. The van der Waals surface area contributed by atoms with Gasteiger partial charge in [-0.3, -0.25) is 9.59 Å². The molecule has 25 heavy (non-hydrogen) atoms. The lowest BCUT2D eigenvalue weighted by Crippen LogP contribution is -2.17. The van der Waals surface area contributed by atoms with Gasteiger partial charge in [0.15, 0.2) is 0 Å². The van der Waals surface area contributed by atoms with Crippen LogP contribution in [-0.2, 0) is 4.89 Å². The maximum atomic E-state index is 12.4. The minimum atomic E-state index is -0.652. The predicted molar refractivity (Wildman–Crippen MR) is 100 cm³/mol. The third-order valence-electron chi connectivity index (χ3n) is 2.91. The molecule has 0 bridgehead atoms. The molecule has 1 aromatic carbocycles. The van der Waals surface area contributed by atoms with Gasteiger partial charge < -0.3 is 15.9 Å². The van der Waals surface area contributed by atoms with Gasteiger partial charge in [-0.05, 0) is 32.4 Å². The monoisotopic (exact) mass is 364 g/mol. The van der Waals surface area contributed by atoms with E-state index in [1.165, 1.54) is 6.07 Å². The molecular formula is C18H24N2O4S. The zero-order valence-electron chi connectivity index (χ0n) is 15.1. The summed E-state index contributed by atoms with van der Waals surface area (Å²) in [6.07, 6.45) is -0.140. The van der Waals surface area contributed by atoms with Crippen molar-refractivity contribution in [3.8, 4) is 5.06 Å². The van der Waals surface area contributed by atoms with Crippen molar-refractivity contribution in [2.45, 2.75) is 40.7 Å². The Morgan fingerprint density at radius 3 is 2.36 bits per heavy atom. The van der Waals surface area contributed by atoms with Gasteiger partial charge in [0.25, 0.3) is 11.8 Å². The largest absolute Gasteiger partial charge is 0.366 e. The standard InChI is InChI=1S/C16H18N2O4S.C2H6/c1-9(2)21-22-13-8-12(14(17)19)16(23-13)18-15(20)11-7-5-4-6-10(11)3;1-2/h4-9H,1-3H3,(H2,17,19)(H,18,20);1-2H3. The number of hydrogen-bond acceptors (Lipinski definition) is 5. The molecule has 0 atom stereocenters. The molecule has 2 amide bonds. The molecule has 0 saturated carbocycles. The third-order valence-corrected chi connectivity index (χ3v) is 3.83. The molecule has 0 radical (unpaired) electrons. The number of amides is 2. The average molecular weight is 364 g/mol. The Morgan fingerprint density at radius 2 is 1.80 bits per heavy atom. The summed E-state index contributed by atoms with van der Waals surface area (Å²) in [6, 6.07) is 8.62. The first-order chi connectivity index (χ1) is 11.9. The van der Waals surface area contributed by atoms with E-state index in [-0.39, 0.29) is 17.6 Å². The second-order valence-electron chi connectivity index (χ2n) is 5.17. The fourth-order valence-electron chi connectivity index (χ4n) is 1.83. The highest BCUT2D eigenvalue weighted by atomic mass is 32.1. The fraction of sp³-hybridized carbons (Fsp3) is 0.333. The fourth-order valence-corrected chi connectivity index (χ4v) is 2.69. The number of carbonyl (C=O) groups excluding carboxylic acids is 2. The highest BCUT2D eigenvalue weighted by Gasteiger charge is 2.19. The average Bonchev–Trinajstić information content (AvgIpc) is 2.98. The zero-order valence-corrected chi connectivity index (χ0v) is 15.9. The molecule has 6 nitrogen and oxygen atoms in total. The third kappa shape index (κ3) is 5.88. The van der Waals surface area contributed by atoms with Gasteiger partial charge in [0.2, 0.25) is 5.06 Å². The first-order valence-corrected chi connectivity index (χ1v) is 8.84. The summed E-state index contributed by atoms with van der Waals surface area (Å²) in [6.45, 7) is 9.45. The smallest absolute Gasteiger partial charge is 0.256 e. The van der Waals surface area contributed by atoms with Crippen molar-refractivity contribution in [1.82, 2.24) is 0 Å². The van der Waals surface area contributed by atoms with Crippen LogP contribution < -0.4 is 15.9 Å². The van der Waals surface area contributed by atoms with Crippen LogP contribution in [0.2, 0.25) is 0 Å². The highest BCUT2D eigenvalue weighted by molar-refractivity contribution is 7.18. The van der Waals surface area contributed by atoms with Crippen LogP contribution in [-0.4, -0.2) is 17.9 Å². The molecule has 0 spiro atoms. The molecular weight excluding hydrogens is 340 g/mol. The Morgan fingerprint density at radius 1 is 1.16 bits per heavy atom. The van der Waals surface area contributed by atoms with Crippen LogP contribution in [0, 0.1) is 6.92 Å². The zero-order chi connectivity index (χ0) is 19.0. The quantitative estimate of drug-likeness (QED) is 0.595. The molecule has 7 heteroatoms. The van der Waals surface area contributed by atoms with Gasteiger partial charge in [0, 0.05) is 11.6 Å². The number of nitrogens with two attached hydrogens (primary N) is 1. The number of carbonyl (C=O) groups is 2. The Hall–Kier alpha value is -2.38. The van der Waals surface area contributed by atoms with Crippen molar-refractivity contribution >= 4 is 28.2 Å². The summed E-state index contributed by atoms with van der Waals surface area (Å²) in [5, 5.41) is 3.37. The van der Waals surface area contributed by atoms with Gasteiger partial charge in [-0.1, -0.05) is 43.4 Å².